The highest BCUT2D eigenvalue weighted by Crippen LogP contribution is 2.22. The second kappa shape index (κ2) is 5.37. The number of thiophene rings is 1. The molecule has 0 radical (unpaired) electrons. The summed E-state index contributed by atoms with van der Waals surface area (Å²) >= 11 is 1.68. The summed E-state index contributed by atoms with van der Waals surface area (Å²) in [4.78, 5) is 0. The van der Waals surface area contributed by atoms with Gasteiger partial charge in [0.05, 0.1) is 23.9 Å². The van der Waals surface area contributed by atoms with Crippen LogP contribution in [0.5, 0.6) is 5.75 Å². The second-order valence-electron chi connectivity index (χ2n) is 3.59. The normalized spacial score (nSPS) is 9.82. The van der Waals surface area contributed by atoms with E-state index in [1.54, 1.807) is 29.5 Å². The van der Waals surface area contributed by atoms with Crippen molar-refractivity contribution in [1.82, 2.24) is 0 Å². The van der Waals surface area contributed by atoms with E-state index in [1.807, 2.05) is 11.4 Å². The van der Waals surface area contributed by atoms with Crippen molar-refractivity contribution in [3.05, 3.63) is 46.2 Å². The van der Waals surface area contributed by atoms with Crippen molar-refractivity contribution in [2.24, 2.45) is 0 Å². The lowest BCUT2D eigenvalue weighted by Crippen LogP contribution is -2.03. The molecule has 2 aromatic rings. The number of anilines is 1. The minimum absolute atomic E-state index is 0.509. The zero-order valence-electron chi connectivity index (χ0n) is 9.22. The van der Waals surface area contributed by atoms with Crippen LogP contribution in [0.1, 0.15) is 11.1 Å². The first kappa shape index (κ1) is 11.5. The molecular formula is C13H12N2OS. The summed E-state index contributed by atoms with van der Waals surface area (Å²) < 4.78 is 5.58. The highest BCUT2D eigenvalue weighted by Gasteiger charge is 2.02. The molecule has 0 saturated carbocycles. The summed E-state index contributed by atoms with van der Waals surface area (Å²) in [7, 11) is 0. The van der Waals surface area contributed by atoms with Crippen molar-refractivity contribution in [1.29, 1.82) is 5.26 Å². The Labute approximate surface area is 104 Å². The Morgan fingerprint density at radius 2 is 2.24 bits per heavy atom. The molecule has 0 aliphatic heterocycles. The third-order valence-electron chi connectivity index (χ3n) is 2.37. The molecule has 86 valence electrons. The van der Waals surface area contributed by atoms with Gasteiger partial charge in [-0.2, -0.15) is 16.6 Å². The van der Waals surface area contributed by atoms with Gasteiger partial charge in [-0.25, -0.2) is 0 Å². The van der Waals surface area contributed by atoms with Crippen LogP contribution < -0.4 is 10.5 Å². The molecule has 0 saturated heterocycles. The van der Waals surface area contributed by atoms with Crippen molar-refractivity contribution in [2.45, 2.75) is 6.42 Å². The average molecular weight is 244 g/mol. The van der Waals surface area contributed by atoms with Crippen molar-refractivity contribution in [3.8, 4) is 11.8 Å². The Bertz CT molecular complexity index is 529. The number of ether oxygens (including phenoxy) is 1. The highest BCUT2D eigenvalue weighted by atomic mass is 32.1. The van der Waals surface area contributed by atoms with E-state index < -0.39 is 0 Å². The number of rotatable bonds is 4. The monoisotopic (exact) mass is 244 g/mol. The molecule has 17 heavy (non-hydrogen) atoms. The molecule has 0 atom stereocenters. The molecule has 0 bridgehead atoms. The molecule has 3 nitrogen and oxygen atoms in total. The van der Waals surface area contributed by atoms with Crippen molar-refractivity contribution < 1.29 is 4.74 Å². The lowest BCUT2D eigenvalue weighted by molar-refractivity contribution is 0.324. The fraction of sp³-hybridized carbons (Fsp3) is 0.154. The van der Waals surface area contributed by atoms with Gasteiger partial charge in [-0.3, -0.25) is 0 Å². The van der Waals surface area contributed by atoms with Crippen LogP contribution in [0.25, 0.3) is 0 Å². The zero-order chi connectivity index (χ0) is 12.1. The molecule has 1 heterocycles. The number of nitriles is 1. The molecule has 1 aromatic heterocycles. The van der Waals surface area contributed by atoms with Gasteiger partial charge in [0.1, 0.15) is 5.75 Å². The molecule has 0 aliphatic carbocycles. The summed E-state index contributed by atoms with van der Waals surface area (Å²) in [6.07, 6.45) is 0.864. The van der Waals surface area contributed by atoms with Gasteiger partial charge in [-0.15, -0.1) is 0 Å². The van der Waals surface area contributed by atoms with E-state index in [1.165, 1.54) is 5.56 Å². The minimum atomic E-state index is 0.509. The Morgan fingerprint density at radius 1 is 1.35 bits per heavy atom. The third-order valence-corrected chi connectivity index (χ3v) is 3.10. The van der Waals surface area contributed by atoms with Crippen LogP contribution in [-0.4, -0.2) is 6.61 Å². The van der Waals surface area contributed by atoms with E-state index in [2.05, 4.69) is 11.4 Å². The lowest BCUT2D eigenvalue weighted by Gasteiger charge is -2.08. The molecule has 0 spiro atoms. The van der Waals surface area contributed by atoms with Gasteiger partial charge in [-0.05, 0) is 40.6 Å². The Kier molecular flexibility index (Phi) is 3.63. The van der Waals surface area contributed by atoms with Gasteiger partial charge in [0.15, 0.2) is 0 Å². The summed E-state index contributed by atoms with van der Waals surface area (Å²) in [5.41, 5.74) is 8.11. The van der Waals surface area contributed by atoms with E-state index in [4.69, 9.17) is 15.7 Å². The van der Waals surface area contributed by atoms with Crippen LogP contribution in [0.15, 0.2) is 35.0 Å². The van der Waals surface area contributed by atoms with Gasteiger partial charge in [0.25, 0.3) is 0 Å². The molecule has 2 N–H and O–H groups in total. The average Bonchev–Trinajstić information content (AvgIpc) is 2.84. The van der Waals surface area contributed by atoms with E-state index in [0.29, 0.717) is 23.6 Å². The second-order valence-corrected chi connectivity index (χ2v) is 4.37. The first-order chi connectivity index (χ1) is 8.29. The zero-order valence-corrected chi connectivity index (χ0v) is 10.0. The number of hydrogen-bond acceptors (Lipinski definition) is 4. The van der Waals surface area contributed by atoms with Gasteiger partial charge in [0.2, 0.25) is 0 Å². The van der Waals surface area contributed by atoms with Crippen LogP contribution >= 0.6 is 11.3 Å². The summed E-state index contributed by atoms with van der Waals surface area (Å²) in [5, 5.41) is 12.9. The number of nitrogens with zero attached hydrogens (tertiary/aromatic N) is 1. The predicted molar refractivity (Wildman–Crippen MR) is 69.1 cm³/mol. The summed E-state index contributed by atoms with van der Waals surface area (Å²) in [6.45, 7) is 0.590. The van der Waals surface area contributed by atoms with E-state index >= 15 is 0 Å². The molecule has 0 unspecified atom stereocenters. The maximum absolute atomic E-state index is 8.71. The number of nitrogens with two attached hydrogens (primary N) is 1. The van der Waals surface area contributed by atoms with Gasteiger partial charge in [-0.1, -0.05) is 0 Å². The van der Waals surface area contributed by atoms with Crippen LogP contribution in [0.4, 0.5) is 5.69 Å². The first-order valence-electron chi connectivity index (χ1n) is 5.23. The van der Waals surface area contributed by atoms with Crippen molar-refractivity contribution in [3.63, 3.8) is 0 Å². The van der Waals surface area contributed by atoms with Crippen molar-refractivity contribution >= 4 is 17.0 Å². The summed E-state index contributed by atoms with van der Waals surface area (Å²) in [6, 6.07) is 9.19. The maximum atomic E-state index is 8.71. The molecule has 0 fully saturated rings. The molecule has 1 aromatic carbocycles. The molecule has 0 aliphatic rings. The predicted octanol–water partition coefficient (Wildman–Crippen LogP) is 2.82. The van der Waals surface area contributed by atoms with E-state index in [-0.39, 0.29) is 0 Å². The maximum Gasteiger partial charge on any atom is 0.142 e. The smallest absolute Gasteiger partial charge is 0.142 e. The van der Waals surface area contributed by atoms with Crippen molar-refractivity contribution in [2.75, 3.05) is 12.3 Å². The Hall–Kier alpha value is -1.99. The third kappa shape index (κ3) is 2.99. The van der Waals surface area contributed by atoms with Crippen LogP contribution in [0.2, 0.25) is 0 Å². The Balaban J connectivity index is 1.93. The van der Waals surface area contributed by atoms with E-state index in [9.17, 15) is 0 Å². The lowest BCUT2D eigenvalue weighted by atomic mass is 10.2. The standard InChI is InChI=1S/C13H12N2OS/c14-8-11-1-2-13(12(15)7-11)16-5-3-10-4-6-17-9-10/h1-2,4,6-7,9H,3,5,15H2. The Morgan fingerprint density at radius 3 is 2.88 bits per heavy atom. The number of hydrogen-bond donors (Lipinski definition) is 1. The molecule has 0 amide bonds. The van der Waals surface area contributed by atoms with Crippen LogP contribution in [0, 0.1) is 11.3 Å². The topological polar surface area (TPSA) is 59.0 Å². The quantitative estimate of drug-likeness (QED) is 0.841. The highest BCUT2D eigenvalue weighted by molar-refractivity contribution is 7.07. The van der Waals surface area contributed by atoms with Gasteiger partial charge >= 0.3 is 0 Å². The largest absolute Gasteiger partial charge is 0.491 e. The number of nitrogen functional groups attached to an aromatic ring is 1. The minimum Gasteiger partial charge on any atom is -0.491 e. The van der Waals surface area contributed by atoms with Crippen LogP contribution in [0.3, 0.4) is 0 Å². The molecule has 2 rings (SSSR count). The van der Waals surface area contributed by atoms with Gasteiger partial charge in [0, 0.05) is 6.42 Å². The SMILES string of the molecule is N#Cc1ccc(OCCc2ccsc2)c(N)c1. The fourth-order valence-electron chi connectivity index (χ4n) is 1.46. The van der Waals surface area contributed by atoms with E-state index in [0.717, 1.165) is 6.42 Å². The summed E-state index contributed by atoms with van der Waals surface area (Å²) in [5.74, 6) is 0.638. The van der Waals surface area contributed by atoms with Crippen LogP contribution in [-0.2, 0) is 6.42 Å². The molecule has 4 heteroatoms. The fourth-order valence-corrected chi connectivity index (χ4v) is 2.17. The molecular weight excluding hydrogens is 232 g/mol. The van der Waals surface area contributed by atoms with Gasteiger partial charge < -0.3 is 10.5 Å². The number of benzene rings is 1. The first-order valence-corrected chi connectivity index (χ1v) is 6.17.